The molecule has 9 nitrogen and oxygen atoms in total. The molecule has 0 N–H and O–H groups in total. The summed E-state index contributed by atoms with van der Waals surface area (Å²) in [5.41, 5.74) is 0. The van der Waals surface area contributed by atoms with Crippen LogP contribution < -0.4 is 5.11 Å². The van der Waals surface area contributed by atoms with Gasteiger partial charge in [-0.3, -0.25) is 9.59 Å². The van der Waals surface area contributed by atoms with Gasteiger partial charge in [0.2, 0.25) is 0 Å². The van der Waals surface area contributed by atoms with E-state index in [2.05, 4.69) is 148 Å². The van der Waals surface area contributed by atoms with E-state index < -0.39 is 24.3 Å². The summed E-state index contributed by atoms with van der Waals surface area (Å²) in [6.07, 6.45) is 93.9. The molecular weight excluding hydrogens is 1080 g/mol. The van der Waals surface area contributed by atoms with E-state index in [0.717, 1.165) is 109 Å². The van der Waals surface area contributed by atoms with Gasteiger partial charge >= 0.3 is 11.9 Å². The molecule has 0 rings (SSSR count). The van der Waals surface area contributed by atoms with Crippen molar-refractivity contribution in [2.75, 3.05) is 47.5 Å². The topological polar surface area (TPSA) is 111 Å². The summed E-state index contributed by atoms with van der Waals surface area (Å²) >= 11 is 0. The molecule has 0 heterocycles. The molecule has 0 aromatic heterocycles. The zero-order valence-electron chi connectivity index (χ0n) is 56.6. The molecule has 0 saturated heterocycles. The van der Waals surface area contributed by atoms with E-state index in [1.807, 2.05) is 21.1 Å². The fourth-order valence-electron chi connectivity index (χ4n) is 9.50. The van der Waals surface area contributed by atoms with Gasteiger partial charge in [0.15, 0.2) is 12.4 Å². The Morgan fingerprint density at radius 2 is 0.655 bits per heavy atom. The highest BCUT2D eigenvalue weighted by molar-refractivity contribution is 5.70. The highest BCUT2D eigenvalue weighted by Crippen LogP contribution is 2.17. The van der Waals surface area contributed by atoms with Crippen LogP contribution in [0.25, 0.3) is 0 Å². The third kappa shape index (κ3) is 68.8. The Morgan fingerprint density at radius 3 is 0.977 bits per heavy atom. The van der Waals surface area contributed by atoms with E-state index in [4.69, 9.17) is 18.9 Å². The number of unbranched alkanes of at least 4 members (excludes halogenated alkanes) is 27. The van der Waals surface area contributed by atoms with Gasteiger partial charge in [-0.1, -0.05) is 289 Å². The average molecular weight is 1210 g/mol. The molecule has 0 aromatic carbocycles. The number of aliphatic carboxylic acids is 1. The lowest BCUT2D eigenvalue weighted by Crippen LogP contribution is -2.44. The van der Waals surface area contributed by atoms with Crippen LogP contribution in [0.1, 0.15) is 284 Å². The van der Waals surface area contributed by atoms with Gasteiger partial charge in [-0.25, -0.2) is 0 Å². The van der Waals surface area contributed by atoms with Gasteiger partial charge in [0, 0.05) is 12.8 Å². The fourth-order valence-corrected chi connectivity index (χ4v) is 9.50. The van der Waals surface area contributed by atoms with Crippen molar-refractivity contribution in [3.05, 3.63) is 134 Å². The number of nitrogens with zero attached hydrogens (tertiary/aromatic N) is 1. The Morgan fingerprint density at radius 1 is 0.356 bits per heavy atom. The molecule has 9 heteroatoms. The number of esters is 2. The van der Waals surface area contributed by atoms with Crippen LogP contribution in [0.4, 0.5) is 0 Å². The van der Waals surface area contributed by atoms with Crippen LogP contribution in [0, 0.1) is 0 Å². The van der Waals surface area contributed by atoms with Crippen LogP contribution in [-0.2, 0) is 33.3 Å². The molecule has 87 heavy (non-hydrogen) atoms. The molecule has 0 aliphatic carbocycles. The van der Waals surface area contributed by atoms with E-state index in [9.17, 15) is 19.5 Å². The number of carbonyl (C=O) groups is 3. The number of carbonyl (C=O) groups excluding carboxylic acids is 3. The number of likely N-dealkylation sites (N-methyl/N-ethyl adjacent to an activating group) is 1. The molecule has 0 radical (unpaired) electrons. The summed E-state index contributed by atoms with van der Waals surface area (Å²) in [4.78, 5) is 37.5. The van der Waals surface area contributed by atoms with Crippen molar-refractivity contribution in [3.8, 4) is 0 Å². The normalized spacial score (nSPS) is 13.5. The van der Waals surface area contributed by atoms with Crippen LogP contribution in [0.5, 0.6) is 0 Å². The first-order valence-corrected chi connectivity index (χ1v) is 35.3. The second-order valence-electron chi connectivity index (χ2n) is 24.4. The standard InChI is InChI=1S/C78H131NO8/c1-6-8-10-12-14-16-18-20-22-24-26-28-30-32-34-36-37-38-39-41-42-44-46-48-50-52-54-56-58-60-62-64-66-68-75(80)85-72-74(73-86-78(77(82)83)84-71-70-79(3,4)5)87-76(81)69-67-65-63-61-59-57-55-53-51-49-47-45-43-40-35-33-31-29-27-25-23-21-19-17-15-13-11-9-7-2/h9,11,15,17-18,20-21,23-24,26-27,29-30,32-33,35,43,45,49,51,55,57,74,78H,6-8,10,12-14,16,19,22,25,28,31,34,36-42,44,46-48,50,52-54,56,58-73H2,1-5H3/b11-9-,17-15-,20-18-,23-21-,26-24-,29-27-,32-30-,35-33-,45-43-,51-49-,57-55-. The predicted octanol–water partition coefficient (Wildman–Crippen LogP) is 20.8. The molecule has 0 fully saturated rings. The smallest absolute Gasteiger partial charge is 0.306 e. The summed E-state index contributed by atoms with van der Waals surface area (Å²) in [5, 5.41) is 11.8. The highest BCUT2D eigenvalue weighted by Gasteiger charge is 2.22. The minimum atomic E-state index is -1.64. The van der Waals surface area contributed by atoms with Crippen LogP contribution >= 0.6 is 0 Å². The van der Waals surface area contributed by atoms with E-state index in [0.29, 0.717) is 17.4 Å². The Hall–Kier alpha value is -4.57. The number of carboxylic acids is 1. The van der Waals surface area contributed by atoms with E-state index in [1.165, 1.54) is 141 Å². The average Bonchev–Trinajstić information content (AvgIpc) is 3.57. The summed E-state index contributed by atoms with van der Waals surface area (Å²) in [6.45, 7) is 4.60. The third-order valence-corrected chi connectivity index (χ3v) is 14.9. The molecular formula is C78H131NO8. The van der Waals surface area contributed by atoms with E-state index >= 15 is 0 Å². The molecule has 2 unspecified atom stereocenters. The van der Waals surface area contributed by atoms with Crippen molar-refractivity contribution in [3.63, 3.8) is 0 Å². The maximum Gasteiger partial charge on any atom is 0.306 e. The fraction of sp³-hybridized carbons (Fsp3) is 0.679. The first-order valence-electron chi connectivity index (χ1n) is 35.3. The van der Waals surface area contributed by atoms with Crippen molar-refractivity contribution in [2.45, 2.75) is 296 Å². The van der Waals surface area contributed by atoms with Crippen molar-refractivity contribution in [1.82, 2.24) is 0 Å². The maximum atomic E-state index is 12.9. The van der Waals surface area contributed by atoms with Crippen LogP contribution in [0.2, 0.25) is 0 Å². The van der Waals surface area contributed by atoms with E-state index in [1.54, 1.807) is 0 Å². The molecule has 0 aromatic rings. The van der Waals surface area contributed by atoms with Gasteiger partial charge in [0.25, 0.3) is 0 Å². The quantitative estimate of drug-likeness (QED) is 0.0195. The number of hydrogen-bond acceptors (Lipinski definition) is 8. The number of hydrogen-bond donors (Lipinski definition) is 0. The summed E-state index contributed by atoms with van der Waals surface area (Å²) in [7, 11) is 5.91. The largest absolute Gasteiger partial charge is 0.545 e. The molecule has 0 amide bonds. The minimum Gasteiger partial charge on any atom is -0.545 e. The Bertz CT molecular complexity index is 1890. The maximum absolute atomic E-state index is 12.9. The Kier molecular flexibility index (Phi) is 63.8. The second kappa shape index (κ2) is 67.4. The van der Waals surface area contributed by atoms with Crippen LogP contribution in [0.3, 0.4) is 0 Å². The lowest BCUT2D eigenvalue weighted by atomic mass is 10.0. The lowest BCUT2D eigenvalue weighted by molar-refractivity contribution is -0.870. The SMILES string of the molecule is CC/C=C\C/C=C\C/C=C\C/C=C\C/C=C\C/C=C\C/C=C\C/C=C\CCCCCCC(=O)OC(COC(=O)CCCCCCCCCCCCCCCCCCCC/C=C\C/C=C\C/C=C\CCCCCCC)COC(OCC[N+](C)(C)C)C(=O)[O-]. The third-order valence-electron chi connectivity index (χ3n) is 14.9. The van der Waals surface area contributed by atoms with Gasteiger partial charge < -0.3 is 33.3 Å². The lowest BCUT2D eigenvalue weighted by Gasteiger charge is -2.26. The monoisotopic (exact) mass is 1210 g/mol. The molecule has 0 saturated carbocycles. The molecule has 496 valence electrons. The Balaban J connectivity index is 4.18. The molecule has 0 aliphatic rings. The number of rotatable bonds is 64. The van der Waals surface area contributed by atoms with Crippen molar-refractivity contribution < 1.29 is 42.9 Å². The van der Waals surface area contributed by atoms with E-state index in [-0.39, 0.29) is 38.6 Å². The van der Waals surface area contributed by atoms with Gasteiger partial charge in [0.1, 0.15) is 13.2 Å². The number of quaternary nitrogens is 1. The van der Waals surface area contributed by atoms with Gasteiger partial charge in [-0.05, 0) is 116 Å². The second-order valence-corrected chi connectivity index (χ2v) is 24.4. The van der Waals surface area contributed by atoms with Crippen molar-refractivity contribution in [1.29, 1.82) is 0 Å². The van der Waals surface area contributed by atoms with Crippen molar-refractivity contribution >= 4 is 17.9 Å². The predicted molar refractivity (Wildman–Crippen MR) is 370 cm³/mol. The number of carboxylic acid groups (broad SMARTS) is 1. The number of allylic oxidation sites excluding steroid dienone is 22. The summed E-state index contributed by atoms with van der Waals surface area (Å²) < 4.78 is 22.8. The summed E-state index contributed by atoms with van der Waals surface area (Å²) in [5.74, 6) is -2.32. The van der Waals surface area contributed by atoms with Crippen LogP contribution in [-0.4, -0.2) is 82.3 Å². The molecule has 2 atom stereocenters. The molecule has 0 spiro atoms. The zero-order valence-corrected chi connectivity index (χ0v) is 56.6. The minimum absolute atomic E-state index is 0.136. The van der Waals surface area contributed by atoms with Gasteiger partial charge in [-0.15, -0.1) is 0 Å². The van der Waals surface area contributed by atoms with Gasteiger partial charge in [-0.2, -0.15) is 0 Å². The first kappa shape index (κ1) is 82.4. The molecule has 0 aliphatic heterocycles. The highest BCUT2D eigenvalue weighted by atomic mass is 16.7. The molecule has 0 bridgehead atoms. The van der Waals surface area contributed by atoms with Crippen molar-refractivity contribution in [2.24, 2.45) is 0 Å². The van der Waals surface area contributed by atoms with Crippen LogP contribution in [0.15, 0.2) is 134 Å². The summed E-state index contributed by atoms with van der Waals surface area (Å²) in [6, 6.07) is 0. The number of ether oxygens (including phenoxy) is 4. The zero-order chi connectivity index (χ0) is 63.3. The first-order chi connectivity index (χ1) is 42.6. The Labute approximate surface area is 535 Å². The van der Waals surface area contributed by atoms with Gasteiger partial charge in [0.05, 0.1) is 40.3 Å².